The summed E-state index contributed by atoms with van der Waals surface area (Å²) in [6, 6.07) is 5.46. The molecular formula is C18H28N2O3S. The van der Waals surface area contributed by atoms with Crippen LogP contribution in [-0.4, -0.2) is 38.3 Å². The Morgan fingerprint density at radius 1 is 1.33 bits per heavy atom. The average molecular weight is 353 g/mol. The maximum atomic E-state index is 13.0. The Hall–Kier alpha value is -1.40. The summed E-state index contributed by atoms with van der Waals surface area (Å²) >= 11 is 0. The molecule has 0 unspecified atom stereocenters. The lowest BCUT2D eigenvalue weighted by Crippen LogP contribution is -2.46. The molecule has 0 bridgehead atoms. The molecule has 0 spiro atoms. The van der Waals surface area contributed by atoms with Crippen molar-refractivity contribution in [2.24, 2.45) is 11.8 Å². The van der Waals surface area contributed by atoms with E-state index in [0.29, 0.717) is 30.3 Å². The van der Waals surface area contributed by atoms with Crippen molar-refractivity contribution in [1.82, 2.24) is 9.62 Å². The first kappa shape index (κ1) is 18.9. The van der Waals surface area contributed by atoms with E-state index < -0.39 is 10.0 Å². The summed E-state index contributed by atoms with van der Waals surface area (Å²) in [4.78, 5) is 12.7. The van der Waals surface area contributed by atoms with Crippen molar-refractivity contribution in [3.63, 3.8) is 0 Å². The third kappa shape index (κ3) is 4.36. The van der Waals surface area contributed by atoms with Gasteiger partial charge in [-0.1, -0.05) is 26.0 Å². The Balaban J connectivity index is 2.16. The molecule has 1 aliphatic heterocycles. The fourth-order valence-electron chi connectivity index (χ4n) is 2.95. The number of amides is 1. The fraction of sp³-hybridized carbons (Fsp3) is 0.611. The van der Waals surface area contributed by atoms with Crippen LogP contribution in [0.15, 0.2) is 23.1 Å². The van der Waals surface area contributed by atoms with E-state index >= 15 is 0 Å². The molecule has 0 radical (unpaired) electrons. The van der Waals surface area contributed by atoms with E-state index in [2.05, 4.69) is 5.32 Å². The van der Waals surface area contributed by atoms with Gasteiger partial charge in [0, 0.05) is 19.6 Å². The van der Waals surface area contributed by atoms with Crippen molar-refractivity contribution >= 4 is 15.9 Å². The number of nitrogens with zero attached hydrogens (tertiary/aromatic N) is 1. The Labute approximate surface area is 145 Å². The van der Waals surface area contributed by atoms with Crippen LogP contribution in [0, 0.1) is 25.7 Å². The molecule has 1 heterocycles. The van der Waals surface area contributed by atoms with Gasteiger partial charge in [0.1, 0.15) is 0 Å². The van der Waals surface area contributed by atoms with Gasteiger partial charge in [0.05, 0.1) is 10.8 Å². The van der Waals surface area contributed by atoms with Gasteiger partial charge in [-0.3, -0.25) is 4.79 Å². The standard InChI is InChI=1S/C18H28N2O3S/c1-13(2)11-19-18(21)16-6-5-9-20(12-16)24(22,23)17-10-14(3)7-8-15(17)4/h7-8,10,13,16H,5-6,9,11-12H2,1-4H3,(H,19,21)/t16-/m0/s1. The molecule has 1 fully saturated rings. The largest absolute Gasteiger partial charge is 0.356 e. The topological polar surface area (TPSA) is 66.5 Å². The van der Waals surface area contributed by atoms with Crippen LogP contribution in [0.2, 0.25) is 0 Å². The van der Waals surface area contributed by atoms with Gasteiger partial charge in [-0.25, -0.2) is 8.42 Å². The molecular weight excluding hydrogens is 324 g/mol. The van der Waals surface area contributed by atoms with E-state index in [1.807, 2.05) is 39.8 Å². The summed E-state index contributed by atoms with van der Waals surface area (Å²) in [6.07, 6.45) is 1.45. The van der Waals surface area contributed by atoms with E-state index in [1.54, 1.807) is 6.07 Å². The minimum Gasteiger partial charge on any atom is -0.356 e. The summed E-state index contributed by atoms with van der Waals surface area (Å²) in [5, 5.41) is 2.92. The van der Waals surface area contributed by atoms with E-state index in [9.17, 15) is 13.2 Å². The lowest BCUT2D eigenvalue weighted by Gasteiger charge is -2.31. The van der Waals surface area contributed by atoms with Crippen LogP contribution in [-0.2, 0) is 14.8 Å². The maximum Gasteiger partial charge on any atom is 0.243 e. The number of carbonyl (C=O) groups is 1. The molecule has 0 saturated carbocycles. The minimum absolute atomic E-state index is 0.0374. The quantitative estimate of drug-likeness (QED) is 0.885. The van der Waals surface area contributed by atoms with E-state index in [1.165, 1.54) is 4.31 Å². The number of rotatable bonds is 5. The monoisotopic (exact) mass is 352 g/mol. The van der Waals surface area contributed by atoms with Gasteiger partial charge in [0.25, 0.3) is 0 Å². The van der Waals surface area contributed by atoms with Gasteiger partial charge in [0.2, 0.25) is 15.9 Å². The Morgan fingerprint density at radius 3 is 2.71 bits per heavy atom. The molecule has 6 heteroatoms. The number of sulfonamides is 1. The number of nitrogens with one attached hydrogen (secondary N) is 1. The van der Waals surface area contributed by atoms with Gasteiger partial charge in [-0.15, -0.1) is 0 Å². The third-order valence-corrected chi connectivity index (χ3v) is 6.41. The lowest BCUT2D eigenvalue weighted by molar-refractivity contribution is -0.126. The van der Waals surface area contributed by atoms with Crippen LogP contribution in [0.4, 0.5) is 0 Å². The molecule has 0 aliphatic carbocycles. The van der Waals surface area contributed by atoms with Crippen molar-refractivity contribution in [2.75, 3.05) is 19.6 Å². The SMILES string of the molecule is Cc1ccc(C)c(S(=O)(=O)N2CCC[C@H](C(=O)NCC(C)C)C2)c1. The van der Waals surface area contributed by atoms with Crippen molar-refractivity contribution in [2.45, 2.75) is 45.4 Å². The van der Waals surface area contributed by atoms with Crippen LogP contribution in [0.3, 0.4) is 0 Å². The number of piperidine rings is 1. The molecule has 5 nitrogen and oxygen atoms in total. The highest BCUT2D eigenvalue weighted by Gasteiger charge is 2.33. The van der Waals surface area contributed by atoms with Crippen LogP contribution in [0.25, 0.3) is 0 Å². The first-order chi connectivity index (χ1) is 11.2. The van der Waals surface area contributed by atoms with Crippen LogP contribution in [0.1, 0.15) is 37.8 Å². The smallest absolute Gasteiger partial charge is 0.243 e. The highest BCUT2D eigenvalue weighted by Crippen LogP contribution is 2.26. The van der Waals surface area contributed by atoms with Crippen molar-refractivity contribution in [3.05, 3.63) is 29.3 Å². The van der Waals surface area contributed by atoms with Crippen molar-refractivity contribution in [3.8, 4) is 0 Å². The Kier molecular flexibility index (Phi) is 6.04. The number of carbonyl (C=O) groups excluding carboxylic acids is 1. The number of aryl methyl sites for hydroxylation is 2. The molecule has 24 heavy (non-hydrogen) atoms. The first-order valence-electron chi connectivity index (χ1n) is 8.57. The Bertz CT molecular complexity index is 698. The molecule has 1 N–H and O–H groups in total. The fourth-order valence-corrected chi connectivity index (χ4v) is 4.78. The predicted octanol–water partition coefficient (Wildman–Crippen LogP) is 2.48. The number of benzene rings is 1. The zero-order valence-electron chi connectivity index (χ0n) is 15.0. The Morgan fingerprint density at radius 2 is 2.04 bits per heavy atom. The summed E-state index contributed by atoms with van der Waals surface area (Å²) in [6.45, 7) is 9.14. The van der Waals surface area contributed by atoms with Crippen LogP contribution < -0.4 is 5.32 Å². The summed E-state index contributed by atoms with van der Waals surface area (Å²) in [5.74, 6) is 0.0780. The third-order valence-electron chi connectivity index (χ3n) is 4.40. The summed E-state index contributed by atoms with van der Waals surface area (Å²) in [5.41, 5.74) is 1.66. The molecule has 1 saturated heterocycles. The summed E-state index contributed by atoms with van der Waals surface area (Å²) < 4.78 is 27.4. The first-order valence-corrected chi connectivity index (χ1v) is 10.0. The summed E-state index contributed by atoms with van der Waals surface area (Å²) in [7, 11) is -3.56. The van der Waals surface area contributed by atoms with Crippen LogP contribution >= 0.6 is 0 Å². The maximum absolute atomic E-state index is 13.0. The van der Waals surface area contributed by atoms with E-state index in [0.717, 1.165) is 17.5 Å². The normalized spacial score (nSPS) is 19.5. The van der Waals surface area contributed by atoms with Gasteiger partial charge >= 0.3 is 0 Å². The van der Waals surface area contributed by atoms with Gasteiger partial charge in [0.15, 0.2) is 0 Å². The number of hydrogen-bond acceptors (Lipinski definition) is 3. The van der Waals surface area contributed by atoms with Crippen molar-refractivity contribution in [1.29, 1.82) is 0 Å². The van der Waals surface area contributed by atoms with Crippen LogP contribution in [0.5, 0.6) is 0 Å². The lowest BCUT2D eigenvalue weighted by atomic mass is 9.98. The molecule has 1 aromatic rings. The molecule has 1 atom stereocenters. The van der Waals surface area contributed by atoms with E-state index in [4.69, 9.17) is 0 Å². The van der Waals surface area contributed by atoms with E-state index in [-0.39, 0.29) is 18.4 Å². The minimum atomic E-state index is -3.56. The molecule has 1 aromatic carbocycles. The number of hydrogen-bond donors (Lipinski definition) is 1. The molecule has 0 aromatic heterocycles. The highest BCUT2D eigenvalue weighted by molar-refractivity contribution is 7.89. The second-order valence-corrected chi connectivity index (χ2v) is 9.02. The zero-order valence-corrected chi connectivity index (χ0v) is 15.8. The molecule has 134 valence electrons. The van der Waals surface area contributed by atoms with Gasteiger partial charge in [-0.2, -0.15) is 4.31 Å². The molecule has 1 amide bonds. The molecule has 2 rings (SSSR count). The average Bonchev–Trinajstić information content (AvgIpc) is 2.54. The van der Waals surface area contributed by atoms with Gasteiger partial charge < -0.3 is 5.32 Å². The van der Waals surface area contributed by atoms with Gasteiger partial charge in [-0.05, 0) is 49.8 Å². The predicted molar refractivity (Wildman–Crippen MR) is 95.2 cm³/mol. The van der Waals surface area contributed by atoms with Crippen molar-refractivity contribution < 1.29 is 13.2 Å². The molecule has 1 aliphatic rings. The zero-order chi connectivity index (χ0) is 17.9. The highest BCUT2D eigenvalue weighted by atomic mass is 32.2. The second-order valence-electron chi connectivity index (χ2n) is 7.11. The second kappa shape index (κ2) is 7.66.